The molecule has 0 saturated heterocycles. The molecule has 0 aliphatic heterocycles. The van der Waals surface area contributed by atoms with Crippen molar-refractivity contribution in [3.8, 4) is 0 Å². The van der Waals surface area contributed by atoms with Crippen LogP contribution in [0.1, 0.15) is 0 Å². The summed E-state index contributed by atoms with van der Waals surface area (Å²) in [6, 6.07) is 0. The topological polar surface area (TPSA) is 63.6 Å². The molecule has 0 radical (unpaired) electrons. The van der Waals surface area contributed by atoms with Crippen LogP contribution < -0.4 is 0 Å². The summed E-state index contributed by atoms with van der Waals surface area (Å²) in [6.07, 6.45) is 0. The van der Waals surface area contributed by atoms with E-state index >= 15 is 0 Å². The molecule has 0 aromatic carbocycles. The van der Waals surface area contributed by atoms with E-state index in [1.54, 1.807) is 0 Å². The van der Waals surface area contributed by atoms with E-state index < -0.39 is 13.4 Å². The Morgan fingerprint density at radius 3 is 1.83 bits per heavy atom. The Hall–Kier alpha value is 0.769. The van der Waals surface area contributed by atoms with Crippen molar-refractivity contribution in [2.75, 3.05) is 0 Å². The van der Waals surface area contributed by atoms with Crippen LogP contribution in [0.25, 0.3) is 0 Å². The molecule has 4 nitrogen and oxygen atoms in total. The maximum absolute atomic E-state index is 9.40. The molecule has 0 unspecified atom stereocenters. The standard InChI is InChI=1S/HIO4Se/c1-5-6(2,3)4/h(H,2,3,4). The van der Waals surface area contributed by atoms with E-state index in [9.17, 15) is 7.67 Å². The summed E-state index contributed by atoms with van der Waals surface area (Å²) in [5, 5.41) is 0. The third-order valence-electron chi connectivity index (χ3n) is 0.0796. The van der Waals surface area contributed by atoms with Crippen molar-refractivity contribution in [2.24, 2.45) is 0 Å². The van der Waals surface area contributed by atoms with Crippen LogP contribution in [0.5, 0.6) is 0 Å². The first-order valence-electron chi connectivity index (χ1n) is 0.837. The van der Waals surface area contributed by atoms with Crippen molar-refractivity contribution in [1.29, 1.82) is 0 Å². The maximum atomic E-state index is 9.40. The van der Waals surface area contributed by atoms with E-state index in [0.717, 1.165) is 23.0 Å². The van der Waals surface area contributed by atoms with Crippen LogP contribution in [0.15, 0.2) is 0 Å². The van der Waals surface area contributed by atoms with Crippen molar-refractivity contribution in [1.82, 2.24) is 0 Å². The molecular weight excluding hydrogens is 270 g/mol. The Balaban J connectivity index is 3.85. The van der Waals surface area contributed by atoms with Crippen molar-refractivity contribution in [2.45, 2.75) is 0 Å². The molecule has 0 aromatic rings. The Kier molecular flexibility index (Phi) is 2.45. The molecule has 6 heavy (non-hydrogen) atoms. The Morgan fingerprint density at radius 1 is 1.67 bits per heavy atom. The van der Waals surface area contributed by atoms with Gasteiger partial charge in [-0.15, -0.1) is 0 Å². The summed E-state index contributed by atoms with van der Waals surface area (Å²) in [5.74, 6) is 0. The predicted octanol–water partition coefficient (Wildman–Crippen LogP) is -0.358. The summed E-state index contributed by atoms with van der Waals surface area (Å²) >= 11 is -3.70. The van der Waals surface area contributed by atoms with Crippen molar-refractivity contribution >= 4 is 36.4 Å². The fraction of sp³-hybridized carbons (Fsp3) is 0. The van der Waals surface area contributed by atoms with Crippen LogP contribution in [0.4, 0.5) is 0 Å². The van der Waals surface area contributed by atoms with Gasteiger partial charge in [-0.05, 0) is 0 Å². The average Bonchev–Trinajstić information content (AvgIpc) is 1.35. The molecule has 0 heterocycles. The molecule has 0 fully saturated rings. The Labute approximate surface area is 50.5 Å². The first-order valence-corrected chi connectivity index (χ1v) is 4.58. The monoisotopic (exact) mass is 272 g/mol. The van der Waals surface area contributed by atoms with E-state index in [0.29, 0.717) is 0 Å². The zero-order valence-corrected chi connectivity index (χ0v) is 6.33. The Bertz CT molecular complexity index is 110. The summed E-state index contributed by atoms with van der Waals surface area (Å²) in [4.78, 5) is 0. The quantitative estimate of drug-likeness (QED) is 0.522. The van der Waals surface area contributed by atoms with Crippen LogP contribution in [0.3, 0.4) is 0 Å². The van der Waals surface area contributed by atoms with Crippen LogP contribution in [-0.2, 0) is 9.82 Å². The van der Waals surface area contributed by atoms with Crippen LogP contribution >= 0.6 is 23.0 Å². The molecule has 0 amide bonds. The zero-order chi connectivity index (χ0) is 5.21. The molecule has 0 bridgehead atoms. The number of hydrogen-bond donors (Lipinski definition) is 1. The van der Waals surface area contributed by atoms with Gasteiger partial charge in [0.05, 0.1) is 0 Å². The van der Waals surface area contributed by atoms with Crippen molar-refractivity contribution < 1.29 is 14.0 Å². The number of rotatable bonds is 1. The van der Waals surface area contributed by atoms with Gasteiger partial charge in [-0.3, -0.25) is 0 Å². The van der Waals surface area contributed by atoms with Crippen molar-refractivity contribution in [3.05, 3.63) is 0 Å². The third kappa shape index (κ3) is 4.77. The van der Waals surface area contributed by atoms with Gasteiger partial charge in [-0.2, -0.15) is 0 Å². The van der Waals surface area contributed by atoms with E-state index in [2.05, 4.69) is 2.15 Å². The van der Waals surface area contributed by atoms with Gasteiger partial charge >= 0.3 is 50.4 Å². The van der Waals surface area contributed by atoms with E-state index in [4.69, 9.17) is 4.19 Å². The summed E-state index contributed by atoms with van der Waals surface area (Å²) < 4.78 is 29.9. The second-order valence-electron chi connectivity index (χ2n) is 0.491. The minimum absolute atomic E-state index is 1.09. The van der Waals surface area contributed by atoms with Gasteiger partial charge in [-0.1, -0.05) is 0 Å². The molecule has 0 aromatic heterocycles. The van der Waals surface area contributed by atoms with Gasteiger partial charge in [-0.25, -0.2) is 0 Å². The molecule has 0 aliphatic rings. The molecule has 0 atom stereocenters. The van der Waals surface area contributed by atoms with Gasteiger partial charge in [0.25, 0.3) is 0 Å². The predicted molar refractivity (Wildman–Crippen MR) is 24.5 cm³/mol. The summed E-state index contributed by atoms with van der Waals surface area (Å²) in [7, 11) is 0. The van der Waals surface area contributed by atoms with E-state index in [1.165, 1.54) is 0 Å². The first-order chi connectivity index (χ1) is 2.56. The minimum atomic E-state index is -4.79. The van der Waals surface area contributed by atoms with Crippen molar-refractivity contribution in [3.63, 3.8) is 0 Å². The van der Waals surface area contributed by atoms with Crippen LogP contribution in [0.2, 0.25) is 0 Å². The first kappa shape index (κ1) is 6.77. The molecule has 6 heteroatoms. The fourth-order valence-electron chi connectivity index (χ4n) is 0. The Morgan fingerprint density at radius 2 is 1.83 bits per heavy atom. The molecule has 0 rings (SSSR count). The normalized spacial score (nSPS) is 11.7. The fourth-order valence-corrected chi connectivity index (χ4v) is 0. The second-order valence-corrected chi connectivity index (χ2v) is 4.42. The van der Waals surface area contributed by atoms with Gasteiger partial charge in [0.15, 0.2) is 0 Å². The SMILES string of the molecule is O=[Se](=O)(O)OI. The summed E-state index contributed by atoms with van der Waals surface area (Å²) in [5.41, 5.74) is 0. The molecular formula is HIO4Se. The van der Waals surface area contributed by atoms with Gasteiger partial charge in [0, 0.05) is 0 Å². The average molecular weight is 271 g/mol. The molecule has 0 aliphatic carbocycles. The molecule has 38 valence electrons. The third-order valence-corrected chi connectivity index (χ3v) is 2.77. The van der Waals surface area contributed by atoms with Crippen LogP contribution in [-0.4, -0.2) is 17.6 Å². The summed E-state index contributed by atoms with van der Waals surface area (Å²) in [6.45, 7) is 0. The van der Waals surface area contributed by atoms with Gasteiger partial charge in [0.2, 0.25) is 0 Å². The molecule has 0 saturated carbocycles. The number of hydrogen-bond acceptors (Lipinski definition) is 3. The van der Waals surface area contributed by atoms with E-state index in [-0.39, 0.29) is 0 Å². The second kappa shape index (κ2) is 2.17. The van der Waals surface area contributed by atoms with Gasteiger partial charge < -0.3 is 0 Å². The van der Waals surface area contributed by atoms with Gasteiger partial charge in [0.1, 0.15) is 0 Å². The zero-order valence-electron chi connectivity index (χ0n) is 2.46. The van der Waals surface area contributed by atoms with E-state index in [1.807, 2.05) is 0 Å². The molecule has 0 spiro atoms. The number of halogens is 1. The molecule has 1 N–H and O–H groups in total. The van der Waals surface area contributed by atoms with Crippen LogP contribution in [0, 0.1) is 0 Å².